The van der Waals surface area contributed by atoms with Crippen LogP contribution >= 0.6 is 0 Å². The second-order valence-electron chi connectivity index (χ2n) is 5.53. The minimum atomic E-state index is -0.355. The molecule has 0 aliphatic carbocycles. The molecular weight excluding hydrogens is 320 g/mol. The average Bonchev–Trinajstić information content (AvgIpc) is 3.01. The lowest BCUT2D eigenvalue weighted by molar-refractivity contribution is 0.0952. The van der Waals surface area contributed by atoms with Crippen LogP contribution in [0.1, 0.15) is 21.5 Å². The number of nitrogen functional groups attached to an aromatic ring is 1. The molecule has 25 heavy (non-hydrogen) atoms. The van der Waals surface area contributed by atoms with Gasteiger partial charge in [-0.3, -0.25) is 4.79 Å². The van der Waals surface area contributed by atoms with E-state index in [0.717, 1.165) is 11.1 Å². The molecule has 0 atom stereocenters. The first-order chi connectivity index (χ1) is 12.1. The van der Waals surface area contributed by atoms with Crippen molar-refractivity contribution < 1.29 is 14.1 Å². The summed E-state index contributed by atoms with van der Waals surface area (Å²) < 4.78 is 10.0. The number of nitrogens with zero attached hydrogens (tertiary/aromatic N) is 2. The number of anilines is 1. The number of carbonyl (C=O) groups excluding carboxylic acids is 1. The fraction of sp³-hybridized carbons (Fsp3) is 0.167. The quantitative estimate of drug-likeness (QED) is 0.741. The molecule has 3 rings (SSSR count). The van der Waals surface area contributed by atoms with Crippen LogP contribution < -0.4 is 15.8 Å². The summed E-state index contributed by atoms with van der Waals surface area (Å²) in [5.74, 6) is 0.0734. The number of nitrogens with two attached hydrogens (primary N) is 1. The fourth-order valence-electron chi connectivity index (χ4n) is 2.45. The Morgan fingerprint density at radius 3 is 2.84 bits per heavy atom. The van der Waals surface area contributed by atoms with Crippen molar-refractivity contribution >= 4 is 11.8 Å². The van der Waals surface area contributed by atoms with Crippen LogP contribution in [0.4, 0.5) is 5.88 Å². The molecule has 7 heteroatoms. The standard InChI is InChI=1S/C18H18N4O3/c1-11-4-3-5-12(8-11)9-21-18(23)15-16(22-25-17(15)19)13-6-7-14(24-2)20-10-13/h3-8,10H,9,19H2,1-2H3,(H,21,23). The summed E-state index contributed by atoms with van der Waals surface area (Å²) in [7, 11) is 1.53. The van der Waals surface area contributed by atoms with E-state index in [1.807, 2.05) is 31.2 Å². The minimum Gasteiger partial charge on any atom is -0.481 e. The molecule has 0 aliphatic heterocycles. The Bertz CT molecular complexity index is 888. The van der Waals surface area contributed by atoms with Crippen LogP contribution in [0.15, 0.2) is 47.1 Å². The van der Waals surface area contributed by atoms with Gasteiger partial charge in [-0.2, -0.15) is 0 Å². The molecule has 0 fully saturated rings. The lowest BCUT2D eigenvalue weighted by Gasteiger charge is -2.07. The van der Waals surface area contributed by atoms with Crippen molar-refractivity contribution in [1.82, 2.24) is 15.5 Å². The van der Waals surface area contributed by atoms with Gasteiger partial charge in [0.25, 0.3) is 5.91 Å². The van der Waals surface area contributed by atoms with Crippen molar-refractivity contribution in [3.05, 3.63) is 59.3 Å². The summed E-state index contributed by atoms with van der Waals surface area (Å²) in [6.45, 7) is 2.38. The third kappa shape index (κ3) is 3.60. The van der Waals surface area contributed by atoms with Gasteiger partial charge < -0.3 is 20.3 Å². The highest BCUT2D eigenvalue weighted by molar-refractivity contribution is 6.03. The number of benzene rings is 1. The summed E-state index contributed by atoms with van der Waals surface area (Å²) in [5, 5.41) is 6.73. The van der Waals surface area contributed by atoms with Crippen LogP contribution in [0.2, 0.25) is 0 Å². The Labute approximate surface area is 144 Å². The van der Waals surface area contributed by atoms with E-state index < -0.39 is 0 Å². The van der Waals surface area contributed by atoms with E-state index in [2.05, 4.69) is 15.5 Å². The van der Waals surface area contributed by atoms with Crippen LogP contribution in [0.25, 0.3) is 11.3 Å². The van der Waals surface area contributed by atoms with Gasteiger partial charge in [-0.25, -0.2) is 4.98 Å². The Hall–Kier alpha value is -3.35. The summed E-state index contributed by atoms with van der Waals surface area (Å²) in [6, 6.07) is 11.3. The molecule has 128 valence electrons. The van der Waals surface area contributed by atoms with E-state index in [1.54, 1.807) is 18.3 Å². The molecule has 1 amide bonds. The first-order valence-corrected chi connectivity index (χ1v) is 7.68. The Morgan fingerprint density at radius 2 is 2.16 bits per heavy atom. The van der Waals surface area contributed by atoms with Crippen LogP contribution in [0.3, 0.4) is 0 Å². The lowest BCUT2D eigenvalue weighted by atomic mass is 10.1. The third-order valence-electron chi connectivity index (χ3n) is 3.70. The number of amides is 1. The minimum absolute atomic E-state index is 0.0347. The number of carbonyl (C=O) groups is 1. The van der Waals surface area contributed by atoms with Gasteiger partial charge in [-0.05, 0) is 18.6 Å². The number of ether oxygens (including phenoxy) is 1. The van der Waals surface area contributed by atoms with Crippen molar-refractivity contribution in [2.24, 2.45) is 0 Å². The predicted molar refractivity (Wildman–Crippen MR) is 93.0 cm³/mol. The predicted octanol–water partition coefficient (Wildman–Crippen LogP) is 2.57. The molecule has 7 nitrogen and oxygen atoms in total. The molecule has 2 heterocycles. The van der Waals surface area contributed by atoms with Crippen molar-refractivity contribution in [3.8, 4) is 17.1 Å². The summed E-state index contributed by atoms with van der Waals surface area (Å²) in [6.07, 6.45) is 1.55. The smallest absolute Gasteiger partial charge is 0.259 e. The van der Waals surface area contributed by atoms with Gasteiger partial charge in [0, 0.05) is 24.4 Å². The highest BCUT2D eigenvalue weighted by atomic mass is 16.5. The normalized spacial score (nSPS) is 10.5. The van der Waals surface area contributed by atoms with Crippen molar-refractivity contribution in [2.75, 3.05) is 12.8 Å². The van der Waals surface area contributed by atoms with Gasteiger partial charge in [0.1, 0.15) is 11.3 Å². The van der Waals surface area contributed by atoms with Gasteiger partial charge in [-0.15, -0.1) is 0 Å². The van der Waals surface area contributed by atoms with Crippen molar-refractivity contribution in [1.29, 1.82) is 0 Å². The maximum absolute atomic E-state index is 12.6. The number of rotatable bonds is 5. The lowest BCUT2D eigenvalue weighted by Crippen LogP contribution is -2.23. The maximum atomic E-state index is 12.6. The zero-order valence-corrected chi connectivity index (χ0v) is 13.9. The number of hydrogen-bond acceptors (Lipinski definition) is 6. The van der Waals surface area contributed by atoms with E-state index in [4.69, 9.17) is 15.0 Å². The number of nitrogens with one attached hydrogen (secondary N) is 1. The highest BCUT2D eigenvalue weighted by Gasteiger charge is 2.22. The van der Waals surface area contributed by atoms with Crippen LogP contribution in [0, 0.1) is 6.92 Å². The number of methoxy groups -OCH3 is 1. The van der Waals surface area contributed by atoms with Gasteiger partial charge >= 0.3 is 0 Å². The molecule has 3 N–H and O–H groups in total. The summed E-state index contributed by atoms with van der Waals surface area (Å²) >= 11 is 0. The van der Waals surface area contributed by atoms with Crippen LogP contribution in [0.5, 0.6) is 5.88 Å². The van der Waals surface area contributed by atoms with Crippen molar-refractivity contribution in [3.63, 3.8) is 0 Å². The average molecular weight is 338 g/mol. The molecule has 0 aliphatic rings. The molecule has 0 radical (unpaired) electrons. The van der Waals surface area contributed by atoms with E-state index >= 15 is 0 Å². The summed E-state index contributed by atoms with van der Waals surface area (Å²) in [5.41, 5.74) is 9.07. The van der Waals surface area contributed by atoms with Crippen molar-refractivity contribution in [2.45, 2.75) is 13.5 Å². The Morgan fingerprint density at radius 1 is 1.32 bits per heavy atom. The first kappa shape index (κ1) is 16.5. The van der Waals surface area contributed by atoms with Crippen LogP contribution in [-0.2, 0) is 6.54 Å². The summed E-state index contributed by atoms with van der Waals surface area (Å²) in [4.78, 5) is 16.7. The fourth-order valence-corrected chi connectivity index (χ4v) is 2.45. The second kappa shape index (κ2) is 7.04. The molecule has 1 aromatic carbocycles. The second-order valence-corrected chi connectivity index (χ2v) is 5.53. The van der Waals surface area contributed by atoms with Gasteiger partial charge in [0.2, 0.25) is 11.8 Å². The topological polar surface area (TPSA) is 103 Å². The van der Waals surface area contributed by atoms with Gasteiger partial charge in [0.05, 0.1) is 7.11 Å². The zero-order chi connectivity index (χ0) is 17.8. The van der Waals surface area contributed by atoms with Crippen LogP contribution in [-0.4, -0.2) is 23.2 Å². The zero-order valence-electron chi connectivity index (χ0n) is 13.9. The maximum Gasteiger partial charge on any atom is 0.259 e. The third-order valence-corrected chi connectivity index (χ3v) is 3.70. The Balaban J connectivity index is 1.81. The molecule has 3 aromatic rings. The molecule has 0 bridgehead atoms. The molecule has 0 saturated carbocycles. The largest absolute Gasteiger partial charge is 0.481 e. The molecular formula is C18H18N4O3. The number of aromatic nitrogens is 2. The first-order valence-electron chi connectivity index (χ1n) is 7.68. The number of aryl methyl sites for hydroxylation is 1. The molecule has 0 saturated heterocycles. The molecule has 0 unspecified atom stereocenters. The van der Waals surface area contributed by atoms with E-state index in [1.165, 1.54) is 7.11 Å². The molecule has 2 aromatic heterocycles. The van der Waals surface area contributed by atoms with E-state index in [0.29, 0.717) is 23.7 Å². The number of pyridine rings is 1. The van der Waals surface area contributed by atoms with E-state index in [-0.39, 0.29) is 17.4 Å². The Kier molecular flexibility index (Phi) is 4.65. The van der Waals surface area contributed by atoms with Gasteiger partial charge in [0.15, 0.2) is 0 Å². The monoisotopic (exact) mass is 338 g/mol. The van der Waals surface area contributed by atoms with Gasteiger partial charge in [-0.1, -0.05) is 35.0 Å². The molecule has 0 spiro atoms. The number of hydrogen-bond donors (Lipinski definition) is 2. The van der Waals surface area contributed by atoms with E-state index in [9.17, 15) is 4.79 Å². The highest BCUT2D eigenvalue weighted by Crippen LogP contribution is 2.27. The SMILES string of the molecule is COc1ccc(-c2noc(N)c2C(=O)NCc2cccc(C)c2)cn1.